The van der Waals surface area contributed by atoms with E-state index in [-0.39, 0.29) is 11.8 Å². The number of nitrogens with zero attached hydrogens (tertiary/aromatic N) is 2. The number of thioether (sulfide) groups is 1. The monoisotopic (exact) mass is 422 g/mol. The molecule has 0 saturated carbocycles. The number of aryl methyl sites for hydroxylation is 1. The molecule has 2 heterocycles. The Morgan fingerprint density at radius 2 is 1.69 bits per heavy atom. The van der Waals surface area contributed by atoms with Crippen LogP contribution in [0, 0.1) is 6.92 Å². The fraction of sp³-hybridized carbons (Fsp3) is 0.261. The zero-order valence-corrected chi connectivity index (χ0v) is 18.1. The number of hydrogen-bond donors (Lipinski definition) is 0. The molecule has 0 unspecified atom stereocenters. The van der Waals surface area contributed by atoms with Crippen LogP contribution in [0.1, 0.15) is 36.5 Å². The summed E-state index contributed by atoms with van der Waals surface area (Å²) < 4.78 is 0.535. The fourth-order valence-corrected chi connectivity index (χ4v) is 4.97. The maximum Gasteiger partial charge on any atom is 0.267 e. The lowest BCUT2D eigenvalue weighted by Crippen LogP contribution is -2.30. The molecule has 2 aromatic carbocycles. The van der Waals surface area contributed by atoms with Crippen molar-refractivity contribution in [2.45, 2.75) is 33.2 Å². The maximum atomic E-state index is 13.4. The van der Waals surface area contributed by atoms with Gasteiger partial charge in [-0.2, -0.15) is 0 Å². The van der Waals surface area contributed by atoms with Gasteiger partial charge in [0.05, 0.1) is 22.7 Å². The van der Waals surface area contributed by atoms with Gasteiger partial charge in [-0.05, 0) is 25.0 Å². The van der Waals surface area contributed by atoms with E-state index >= 15 is 0 Å². The molecule has 4 nitrogen and oxygen atoms in total. The first-order valence-corrected chi connectivity index (χ1v) is 11.0. The number of anilines is 1. The average molecular weight is 423 g/mol. The predicted molar refractivity (Wildman–Crippen MR) is 123 cm³/mol. The number of unbranched alkanes of at least 4 members (excludes halogenated alkanes) is 1. The van der Waals surface area contributed by atoms with Gasteiger partial charge in [0.15, 0.2) is 0 Å². The molecule has 0 atom stereocenters. The SMILES string of the molecule is CCCCN1C(=O)/C(=C2\C(=O)N(Cc3ccc(C)cc3)c3ccccc32)SC1=S. The van der Waals surface area contributed by atoms with Gasteiger partial charge >= 0.3 is 0 Å². The first-order valence-electron chi connectivity index (χ1n) is 9.76. The number of benzene rings is 2. The van der Waals surface area contributed by atoms with Crippen LogP contribution in [0.4, 0.5) is 5.69 Å². The van der Waals surface area contributed by atoms with Gasteiger partial charge in [0, 0.05) is 12.1 Å². The minimum atomic E-state index is -0.149. The number of thiocarbonyl (C=S) groups is 1. The van der Waals surface area contributed by atoms with E-state index in [0.717, 1.165) is 29.7 Å². The van der Waals surface area contributed by atoms with Crippen molar-refractivity contribution in [2.75, 3.05) is 11.4 Å². The van der Waals surface area contributed by atoms with E-state index in [2.05, 4.69) is 6.92 Å². The van der Waals surface area contributed by atoms with Crippen LogP contribution in [0.25, 0.3) is 5.57 Å². The van der Waals surface area contributed by atoms with Crippen LogP contribution in [0.2, 0.25) is 0 Å². The molecule has 0 bridgehead atoms. The Labute approximate surface area is 180 Å². The molecule has 1 fully saturated rings. The van der Waals surface area contributed by atoms with Gasteiger partial charge < -0.3 is 4.90 Å². The molecule has 29 heavy (non-hydrogen) atoms. The molecule has 0 radical (unpaired) electrons. The minimum Gasteiger partial charge on any atom is -0.303 e. The quantitative estimate of drug-likeness (QED) is 0.507. The normalized spacial score (nSPS) is 18.8. The summed E-state index contributed by atoms with van der Waals surface area (Å²) in [5.41, 5.74) is 4.35. The molecule has 0 aliphatic carbocycles. The number of fused-ring (bicyclic) bond motifs is 1. The van der Waals surface area contributed by atoms with Gasteiger partial charge in [-0.25, -0.2) is 0 Å². The second-order valence-electron chi connectivity index (χ2n) is 7.28. The lowest BCUT2D eigenvalue weighted by Gasteiger charge is -2.17. The Balaban J connectivity index is 1.73. The molecule has 2 aliphatic rings. The van der Waals surface area contributed by atoms with Crippen molar-refractivity contribution in [3.05, 3.63) is 70.1 Å². The molecular formula is C23H22N2O2S2. The highest BCUT2D eigenvalue weighted by Crippen LogP contribution is 2.45. The summed E-state index contributed by atoms with van der Waals surface area (Å²) in [6, 6.07) is 15.8. The smallest absolute Gasteiger partial charge is 0.267 e. The van der Waals surface area contributed by atoms with Crippen LogP contribution >= 0.6 is 24.0 Å². The Hall–Kier alpha value is -2.44. The van der Waals surface area contributed by atoms with Gasteiger partial charge in [0.2, 0.25) is 0 Å². The Bertz CT molecular complexity index is 1030. The van der Waals surface area contributed by atoms with E-state index in [4.69, 9.17) is 12.2 Å². The lowest BCUT2D eigenvalue weighted by atomic mass is 10.1. The van der Waals surface area contributed by atoms with Crippen molar-refractivity contribution in [3.8, 4) is 0 Å². The van der Waals surface area contributed by atoms with Crippen LogP contribution < -0.4 is 4.90 Å². The molecular weight excluding hydrogens is 400 g/mol. The van der Waals surface area contributed by atoms with Crippen molar-refractivity contribution in [1.29, 1.82) is 0 Å². The van der Waals surface area contributed by atoms with Crippen LogP contribution in [0.15, 0.2) is 53.4 Å². The highest BCUT2D eigenvalue weighted by Gasteiger charge is 2.41. The Morgan fingerprint density at radius 1 is 0.966 bits per heavy atom. The number of amides is 2. The Morgan fingerprint density at radius 3 is 2.41 bits per heavy atom. The van der Waals surface area contributed by atoms with Crippen molar-refractivity contribution in [2.24, 2.45) is 0 Å². The van der Waals surface area contributed by atoms with Gasteiger partial charge in [0.25, 0.3) is 11.8 Å². The summed E-state index contributed by atoms with van der Waals surface area (Å²) >= 11 is 6.68. The zero-order valence-electron chi connectivity index (χ0n) is 16.5. The van der Waals surface area contributed by atoms with Crippen LogP contribution in [0.3, 0.4) is 0 Å². The van der Waals surface area contributed by atoms with E-state index in [0.29, 0.717) is 27.9 Å². The van der Waals surface area contributed by atoms with Gasteiger partial charge in [-0.15, -0.1) is 0 Å². The molecule has 0 spiro atoms. The second-order valence-corrected chi connectivity index (χ2v) is 8.92. The number of hydrogen-bond acceptors (Lipinski definition) is 4. The molecule has 0 N–H and O–H groups in total. The third-order valence-corrected chi connectivity index (χ3v) is 6.64. The van der Waals surface area contributed by atoms with Crippen LogP contribution in [0.5, 0.6) is 0 Å². The highest BCUT2D eigenvalue weighted by molar-refractivity contribution is 8.26. The number of rotatable bonds is 5. The number of carbonyl (C=O) groups excluding carboxylic acids is 2. The molecule has 148 valence electrons. The largest absolute Gasteiger partial charge is 0.303 e. The molecule has 2 aliphatic heterocycles. The van der Waals surface area contributed by atoms with Gasteiger partial charge in [-0.1, -0.05) is 85.4 Å². The van der Waals surface area contributed by atoms with E-state index in [1.807, 2.05) is 55.5 Å². The van der Waals surface area contributed by atoms with Crippen LogP contribution in [-0.4, -0.2) is 27.6 Å². The topological polar surface area (TPSA) is 40.6 Å². The van der Waals surface area contributed by atoms with Crippen molar-refractivity contribution in [3.63, 3.8) is 0 Å². The first kappa shape index (κ1) is 19.9. The second kappa shape index (κ2) is 8.13. The molecule has 6 heteroatoms. The van der Waals surface area contributed by atoms with Gasteiger partial charge in [-0.3, -0.25) is 14.5 Å². The molecule has 0 aromatic heterocycles. The zero-order chi connectivity index (χ0) is 20.5. The summed E-state index contributed by atoms with van der Waals surface area (Å²) in [6.07, 6.45) is 1.87. The van der Waals surface area contributed by atoms with E-state index < -0.39 is 0 Å². The van der Waals surface area contributed by atoms with E-state index in [1.165, 1.54) is 17.3 Å². The molecule has 1 saturated heterocycles. The summed E-state index contributed by atoms with van der Waals surface area (Å²) in [6.45, 7) is 5.19. The van der Waals surface area contributed by atoms with Crippen molar-refractivity contribution in [1.82, 2.24) is 4.90 Å². The van der Waals surface area contributed by atoms with Gasteiger partial charge in [0.1, 0.15) is 4.32 Å². The molecule has 2 aromatic rings. The third kappa shape index (κ3) is 3.63. The number of carbonyl (C=O) groups is 2. The summed E-state index contributed by atoms with van der Waals surface area (Å²) in [5.74, 6) is -0.286. The van der Waals surface area contributed by atoms with Crippen molar-refractivity contribution >= 4 is 51.4 Å². The average Bonchev–Trinajstić information content (AvgIpc) is 3.15. The molecule has 2 amide bonds. The summed E-state index contributed by atoms with van der Waals surface area (Å²) in [5, 5.41) is 0. The first-order chi connectivity index (χ1) is 14.0. The van der Waals surface area contributed by atoms with Crippen molar-refractivity contribution < 1.29 is 9.59 Å². The molecule has 4 rings (SSSR count). The minimum absolute atomic E-state index is 0.136. The maximum absolute atomic E-state index is 13.4. The number of para-hydroxylation sites is 1. The highest BCUT2D eigenvalue weighted by atomic mass is 32.2. The standard InChI is InChI=1S/C23H22N2O2S2/c1-3-4-13-24-22(27)20(29-23(24)28)19-17-7-5-6-8-18(17)25(21(19)26)14-16-11-9-15(2)10-12-16/h5-12H,3-4,13-14H2,1-2H3/b20-19+. The summed E-state index contributed by atoms with van der Waals surface area (Å²) in [4.78, 5) is 30.3. The lowest BCUT2D eigenvalue weighted by molar-refractivity contribution is -0.122. The summed E-state index contributed by atoms with van der Waals surface area (Å²) in [7, 11) is 0. The predicted octanol–water partition coefficient (Wildman–Crippen LogP) is 4.91. The van der Waals surface area contributed by atoms with E-state index in [9.17, 15) is 9.59 Å². The fourth-order valence-electron chi connectivity index (χ4n) is 3.59. The Kier molecular flexibility index (Phi) is 5.56. The van der Waals surface area contributed by atoms with E-state index in [1.54, 1.807) is 9.80 Å². The third-order valence-electron chi connectivity index (χ3n) is 5.20. The van der Waals surface area contributed by atoms with Crippen LogP contribution in [-0.2, 0) is 16.1 Å².